The number of carbonyl (C=O) groups excluding carboxylic acids is 2. The van der Waals surface area contributed by atoms with E-state index in [0.717, 1.165) is 10.4 Å². The van der Waals surface area contributed by atoms with Gasteiger partial charge in [-0.25, -0.2) is 0 Å². The molecule has 2 aromatic rings. The highest BCUT2D eigenvalue weighted by Gasteiger charge is 2.27. The number of thiophene rings is 1. The summed E-state index contributed by atoms with van der Waals surface area (Å²) in [5, 5.41) is 0. The topological polar surface area (TPSA) is 53.8 Å². The molecule has 1 saturated heterocycles. The quantitative estimate of drug-likeness (QED) is 0.855. The smallest absolute Gasteiger partial charge is 0.289 e. The minimum Gasteiger partial charge on any atom is -0.459 e. The van der Waals surface area contributed by atoms with Crippen molar-refractivity contribution < 1.29 is 14.0 Å². The molecule has 116 valence electrons. The second-order valence-electron chi connectivity index (χ2n) is 5.41. The number of piperazine rings is 1. The molecule has 1 aliphatic rings. The van der Waals surface area contributed by atoms with Crippen molar-refractivity contribution in [1.29, 1.82) is 0 Å². The van der Waals surface area contributed by atoms with Crippen LogP contribution in [0.3, 0.4) is 0 Å². The molecule has 0 aliphatic carbocycles. The Balaban J connectivity index is 1.62. The van der Waals surface area contributed by atoms with E-state index in [4.69, 9.17) is 4.42 Å². The molecule has 1 fully saturated rings. The highest BCUT2D eigenvalue weighted by Crippen LogP contribution is 2.22. The van der Waals surface area contributed by atoms with Gasteiger partial charge in [-0.15, -0.1) is 11.3 Å². The first-order valence-corrected chi connectivity index (χ1v) is 8.07. The Morgan fingerprint density at radius 2 is 1.73 bits per heavy atom. The maximum Gasteiger partial charge on any atom is 0.289 e. The highest BCUT2D eigenvalue weighted by molar-refractivity contribution is 7.14. The van der Waals surface area contributed by atoms with Crippen molar-refractivity contribution in [1.82, 2.24) is 9.80 Å². The van der Waals surface area contributed by atoms with E-state index in [1.165, 1.54) is 22.5 Å². The van der Waals surface area contributed by atoms with Gasteiger partial charge >= 0.3 is 0 Å². The van der Waals surface area contributed by atoms with Gasteiger partial charge in [-0.05, 0) is 37.6 Å². The van der Waals surface area contributed by atoms with Gasteiger partial charge in [0.15, 0.2) is 5.76 Å². The van der Waals surface area contributed by atoms with Crippen LogP contribution in [0.25, 0.3) is 0 Å². The van der Waals surface area contributed by atoms with Crippen LogP contribution in [0.1, 0.15) is 30.7 Å². The Hall–Kier alpha value is -2.08. The highest BCUT2D eigenvalue weighted by atomic mass is 32.1. The fourth-order valence-corrected chi connectivity index (χ4v) is 3.51. The Morgan fingerprint density at radius 3 is 2.23 bits per heavy atom. The lowest BCUT2D eigenvalue weighted by Gasteiger charge is -2.34. The fraction of sp³-hybridized carbons (Fsp3) is 0.375. The molecule has 0 unspecified atom stereocenters. The van der Waals surface area contributed by atoms with E-state index in [0.29, 0.717) is 31.9 Å². The SMILES string of the molecule is Cc1cc(C(=O)N2CCN(C(=O)c3ccco3)CC2)sc1C. The summed E-state index contributed by atoms with van der Waals surface area (Å²) in [4.78, 5) is 30.2. The molecule has 2 aromatic heterocycles. The zero-order chi connectivity index (χ0) is 15.7. The number of carbonyl (C=O) groups is 2. The number of hydrogen-bond donors (Lipinski definition) is 0. The van der Waals surface area contributed by atoms with Gasteiger partial charge in [0.05, 0.1) is 11.1 Å². The van der Waals surface area contributed by atoms with Crippen LogP contribution in [0.5, 0.6) is 0 Å². The molecule has 0 N–H and O–H groups in total. The third-order valence-corrected chi connectivity index (χ3v) is 5.10. The number of rotatable bonds is 2. The summed E-state index contributed by atoms with van der Waals surface area (Å²) in [6.45, 7) is 6.23. The van der Waals surface area contributed by atoms with E-state index < -0.39 is 0 Å². The maximum absolute atomic E-state index is 12.5. The van der Waals surface area contributed by atoms with E-state index in [1.54, 1.807) is 17.0 Å². The minimum absolute atomic E-state index is 0.0614. The standard InChI is InChI=1S/C16H18N2O3S/c1-11-10-14(22-12(11)2)16(20)18-7-5-17(6-8-18)15(19)13-4-3-9-21-13/h3-4,9-10H,5-8H2,1-2H3. The maximum atomic E-state index is 12.5. The monoisotopic (exact) mass is 318 g/mol. The Morgan fingerprint density at radius 1 is 1.09 bits per heavy atom. The van der Waals surface area contributed by atoms with Crippen LogP contribution < -0.4 is 0 Å². The van der Waals surface area contributed by atoms with Crippen LogP contribution in [0.15, 0.2) is 28.9 Å². The van der Waals surface area contributed by atoms with Gasteiger partial charge in [-0.3, -0.25) is 9.59 Å². The summed E-state index contributed by atoms with van der Waals surface area (Å²) in [6, 6.07) is 5.31. The van der Waals surface area contributed by atoms with Crippen molar-refractivity contribution in [2.45, 2.75) is 13.8 Å². The summed E-state index contributed by atoms with van der Waals surface area (Å²) >= 11 is 1.53. The molecule has 3 rings (SSSR count). The average molecular weight is 318 g/mol. The van der Waals surface area contributed by atoms with Crippen molar-refractivity contribution in [3.63, 3.8) is 0 Å². The number of furan rings is 1. The van der Waals surface area contributed by atoms with Gasteiger partial charge < -0.3 is 14.2 Å². The summed E-state index contributed by atoms with van der Waals surface area (Å²) < 4.78 is 5.14. The van der Waals surface area contributed by atoms with Crippen LogP contribution in [-0.2, 0) is 0 Å². The lowest BCUT2D eigenvalue weighted by Crippen LogP contribution is -2.50. The van der Waals surface area contributed by atoms with Gasteiger partial charge in [0.25, 0.3) is 11.8 Å². The summed E-state index contributed by atoms with van der Waals surface area (Å²) in [5.41, 5.74) is 1.15. The molecule has 6 heteroatoms. The Bertz CT molecular complexity index is 663. The van der Waals surface area contributed by atoms with Crippen LogP contribution >= 0.6 is 11.3 Å². The molecule has 0 radical (unpaired) electrons. The third-order valence-electron chi connectivity index (χ3n) is 3.96. The molecule has 1 aliphatic heterocycles. The lowest BCUT2D eigenvalue weighted by atomic mass is 10.2. The van der Waals surface area contributed by atoms with E-state index >= 15 is 0 Å². The van der Waals surface area contributed by atoms with Crippen molar-refractivity contribution in [2.24, 2.45) is 0 Å². The molecule has 22 heavy (non-hydrogen) atoms. The van der Waals surface area contributed by atoms with Gasteiger partial charge in [0, 0.05) is 31.1 Å². The van der Waals surface area contributed by atoms with Gasteiger partial charge in [0.1, 0.15) is 0 Å². The van der Waals surface area contributed by atoms with Gasteiger partial charge in [0.2, 0.25) is 0 Å². The Kier molecular flexibility index (Phi) is 4.02. The molecule has 3 heterocycles. The van der Waals surface area contributed by atoms with Crippen molar-refractivity contribution >= 4 is 23.2 Å². The predicted octanol–water partition coefficient (Wildman–Crippen LogP) is 2.56. The Labute approximate surface area is 133 Å². The van der Waals surface area contributed by atoms with E-state index in [1.807, 2.05) is 24.8 Å². The van der Waals surface area contributed by atoms with Crippen LogP contribution in [0.4, 0.5) is 0 Å². The molecule has 0 aromatic carbocycles. The first-order valence-electron chi connectivity index (χ1n) is 7.25. The predicted molar refractivity (Wildman–Crippen MR) is 84.3 cm³/mol. The van der Waals surface area contributed by atoms with E-state index in [9.17, 15) is 9.59 Å². The molecule has 0 spiro atoms. The summed E-state index contributed by atoms with van der Waals surface area (Å²) in [5.74, 6) is 0.301. The zero-order valence-electron chi connectivity index (χ0n) is 12.7. The molecule has 2 amide bonds. The van der Waals surface area contributed by atoms with Gasteiger partial charge in [-0.1, -0.05) is 0 Å². The van der Waals surface area contributed by atoms with E-state index in [2.05, 4.69) is 0 Å². The summed E-state index contributed by atoms with van der Waals surface area (Å²) in [6.07, 6.45) is 1.49. The minimum atomic E-state index is -0.111. The van der Waals surface area contributed by atoms with Crippen LogP contribution in [0.2, 0.25) is 0 Å². The number of amides is 2. The van der Waals surface area contributed by atoms with Crippen LogP contribution in [-0.4, -0.2) is 47.8 Å². The summed E-state index contributed by atoms with van der Waals surface area (Å²) in [7, 11) is 0. The zero-order valence-corrected chi connectivity index (χ0v) is 13.5. The normalized spacial score (nSPS) is 15.2. The largest absolute Gasteiger partial charge is 0.459 e. The first-order chi connectivity index (χ1) is 10.6. The van der Waals surface area contributed by atoms with Crippen molar-refractivity contribution in [3.05, 3.63) is 45.5 Å². The molecule has 5 nitrogen and oxygen atoms in total. The van der Waals surface area contributed by atoms with Gasteiger partial charge in [-0.2, -0.15) is 0 Å². The van der Waals surface area contributed by atoms with Crippen molar-refractivity contribution in [2.75, 3.05) is 26.2 Å². The second kappa shape index (κ2) is 5.96. The van der Waals surface area contributed by atoms with E-state index in [-0.39, 0.29) is 11.8 Å². The van der Waals surface area contributed by atoms with Crippen molar-refractivity contribution in [3.8, 4) is 0 Å². The average Bonchev–Trinajstić information content (AvgIpc) is 3.17. The second-order valence-corrected chi connectivity index (χ2v) is 6.67. The molecular formula is C16H18N2O3S. The molecule has 0 saturated carbocycles. The number of hydrogen-bond acceptors (Lipinski definition) is 4. The molecule has 0 bridgehead atoms. The molecular weight excluding hydrogens is 300 g/mol. The molecule has 0 atom stereocenters. The lowest BCUT2D eigenvalue weighted by molar-refractivity contribution is 0.0520. The number of nitrogens with zero attached hydrogens (tertiary/aromatic N) is 2. The van der Waals surface area contributed by atoms with Crippen LogP contribution in [0, 0.1) is 13.8 Å². The third kappa shape index (κ3) is 2.78. The number of aryl methyl sites for hydroxylation is 2. The fourth-order valence-electron chi connectivity index (χ4n) is 2.50. The first kappa shape index (κ1) is 14.8.